The molecule has 2 fully saturated rings. The van der Waals surface area contributed by atoms with Crippen molar-refractivity contribution in [3.8, 4) is 22.1 Å². The number of nitrogens with zero attached hydrogens (tertiary/aromatic N) is 5. The number of fused-ring (bicyclic) bond motifs is 1. The summed E-state index contributed by atoms with van der Waals surface area (Å²) < 4.78 is 22.9. The number of ether oxygens (including phenoxy) is 1. The second kappa shape index (κ2) is 11.0. The summed E-state index contributed by atoms with van der Waals surface area (Å²) in [7, 11) is 0. The zero-order valence-corrected chi connectivity index (χ0v) is 22.2. The number of thiophene rings is 1. The van der Waals surface area contributed by atoms with Crippen molar-refractivity contribution >= 4 is 45.5 Å². The Bertz CT molecular complexity index is 1580. The minimum absolute atomic E-state index is 0.0113. The van der Waals surface area contributed by atoms with Gasteiger partial charge in [-0.3, -0.25) is 9.78 Å². The van der Waals surface area contributed by atoms with E-state index in [0.29, 0.717) is 53.3 Å². The lowest BCUT2D eigenvalue weighted by Crippen LogP contribution is -2.40. The van der Waals surface area contributed by atoms with E-state index in [4.69, 9.17) is 4.74 Å². The first-order valence-corrected chi connectivity index (χ1v) is 13.8. The van der Waals surface area contributed by atoms with E-state index in [9.17, 15) is 18.8 Å². The molecule has 0 radical (unpaired) electrons. The molecular formula is C27H26FN7O4S. The summed E-state index contributed by atoms with van der Waals surface area (Å²) in [4.78, 5) is 42.5. The number of aromatic nitrogens is 4. The number of piperidine rings is 1. The number of amides is 3. The normalized spacial score (nSPS) is 15.7. The Kier molecular flexibility index (Phi) is 7.11. The topological polar surface area (TPSA) is 131 Å². The molecule has 1 saturated heterocycles. The number of pyridine rings is 1. The molecule has 206 valence electrons. The van der Waals surface area contributed by atoms with Gasteiger partial charge in [0.2, 0.25) is 5.91 Å². The molecular weight excluding hydrogens is 537 g/mol. The maximum atomic E-state index is 14.8. The summed E-state index contributed by atoms with van der Waals surface area (Å²) in [6.45, 7) is 1.18. The number of halogens is 1. The van der Waals surface area contributed by atoms with Crippen molar-refractivity contribution in [3.05, 3.63) is 48.5 Å². The van der Waals surface area contributed by atoms with E-state index in [1.807, 2.05) is 6.07 Å². The number of carbonyl (C=O) groups is 3. The number of benzene rings is 1. The van der Waals surface area contributed by atoms with Crippen molar-refractivity contribution < 1.29 is 23.5 Å². The van der Waals surface area contributed by atoms with Crippen molar-refractivity contribution in [1.29, 1.82) is 0 Å². The number of rotatable bonds is 8. The third-order valence-electron chi connectivity index (χ3n) is 6.87. The second-order valence-corrected chi connectivity index (χ2v) is 11.0. The van der Waals surface area contributed by atoms with Crippen LogP contribution in [-0.4, -0.2) is 62.2 Å². The van der Waals surface area contributed by atoms with Gasteiger partial charge in [-0.1, -0.05) is 5.21 Å². The third kappa shape index (κ3) is 5.78. The minimum atomic E-state index is -0.617. The van der Waals surface area contributed by atoms with Gasteiger partial charge in [0, 0.05) is 49.1 Å². The van der Waals surface area contributed by atoms with Crippen LogP contribution in [0.1, 0.15) is 25.7 Å². The van der Waals surface area contributed by atoms with E-state index in [-0.39, 0.29) is 36.2 Å². The van der Waals surface area contributed by atoms with Gasteiger partial charge >= 0.3 is 6.03 Å². The zero-order chi connectivity index (χ0) is 27.6. The lowest BCUT2D eigenvalue weighted by molar-refractivity contribution is -0.134. The quantitative estimate of drug-likeness (QED) is 0.307. The van der Waals surface area contributed by atoms with E-state index in [1.165, 1.54) is 28.2 Å². The molecule has 4 heterocycles. The first-order valence-electron chi connectivity index (χ1n) is 13.0. The van der Waals surface area contributed by atoms with E-state index in [0.717, 1.165) is 24.0 Å². The molecule has 6 rings (SSSR count). The predicted molar refractivity (Wildman–Crippen MR) is 146 cm³/mol. The largest absolute Gasteiger partial charge is 0.453 e. The fourth-order valence-electron chi connectivity index (χ4n) is 4.49. The number of hydrogen-bond acceptors (Lipinski definition) is 8. The second-order valence-electron chi connectivity index (χ2n) is 9.91. The molecule has 1 aliphatic carbocycles. The number of anilines is 1. The molecule has 3 aromatic heterocycles. The predicted octanol–water partition coefficient (Wildman–Crippen LogP) is 4.21. The van der Waals surface area contributed by atoms with Gasteiger partial charge < -0.3 is 25.1 Å². The molecule has 3 amide bonds. The van der Waals surface area contributed by atoms with Crippen LogP contribution in [-0.2, 0) is 16.1 Å². The lowest BCUT2D eigenvalue weighted by atomic mass is 9.99. The van der Waals surface area contributed by atoms with Crippen LogP contribution >= 0.6 is 11.3 Å². The van der Waals surface area contributed by atoms with Crippen LogP contribution < -0.4 is 15.4 Å². The highest BCUT2D eigenvalue weighted by Crippen LogP contribution is 2.39. The molecule has 40 heavy (non-hydrogen) atoms. The van der Waals surface area contributed by atoms with Gasteiger partial charge in [-0.2, -0.15) is 0 Å². The first kappa shape index (κ1) is 25.9. The molecule has 1 saturated carbocycles. The van der Waals surface area contributed by atoms with Gasteiger partial charge in [0.15, 0.2) is 11.6 Å². The summed E-state index contributed by atoms with van der Waals surface area (Å²) in [6.07, 6.45) is 7.52. The molecule has 13 heteroatoms. The van der Waals surface area contributed by atoms with E-state index < -0.39 is 5.82 Å². The van der Waals surface area contributed by atoms with Crippen LogP contribution in [0, 0.1) is 11.7 Å². The highest BCUT2D eigenvalue weighted by molar-refractivity contribution is 7.22. The average Bonchev–Trinajstić information content (AvgIpc) is 3.45. The van der Waals surface area contributed by atoms with Gasteiger partial charge in [-0.25, -0.2) is 13.9 Å². The molecule has 2 aliphatic rings. The highest BCUT2D eigenvalue weighted by Gasteiger charge is 2.24. The molecule has 0 bridgehead atoms. The van der Waals surface area contributed by atoms with E-state index in [1.54, 1.807) is 29.4 Å². The van der Waals surface area contributed by atoms with Crippen molar-refractivity contribution in [2.75, 3.05) is 18.4 Å². The van der Waals surface area contributed by atoms with Crippen LogP contribution in [0.2, 0.25) is 0 Å². The molecule has 0 spiro atoms. The van der Waals surface area contributed by atoms with Crippen molar-refractivity contribution in [2.45, 2.75) is 38.3 Å². The fourth-order valence-corrected chi connectivity index (χ4v) is 5.51. The van der Waals surface area contributed by atoms with Gasteiger partial charge in [0.05, 0.1) is 21.3 Å². The zero-order valence-electron chi connectivity index (χ0n) is 21.4. The van der Waals surface area contributed by atoms with Crippen molar-refractivity contribution in [3.63, 3.8) is 0 Å². The minimum Gasteiger partial charge on any atom is -0.453 e. The first-order chi connectivity index (χ1) is 19.4. The number of likely N-dealkylation sites (tertiary alicyclic amines) is 1. The Morgan fingerprint density at radius 2 is 1.95 bits per heavy atom. The Balaban J connectivity index is 1.14. The summed E-state index contributed by atoms with van der Waals surface area (Å²) in [5.74, 6) is -0.226. The van der Waals surface area contributed by atoms with Crippen LogP contribution in [0.25, 0.3) is 20.8 Å². The molecule has 0 unspecified atom stereocenters. The summed E-state index contributed by atoms with van der Waals surface area (Å²) in [5, 5.41) is 13.8. The maximum absolute atomic E-state index is 14.8. The van der Waals surface area contributed by atoms with Crippen LogP contribution in [0.4, 0.5) is 14.9 Å². The Labute approximate surface area is 232 Å². The average molecular weight is 564 g/mol. The Morgan fingerprint density at radius 1 is 1.12 bits per heavy atom. The number of hydrogen-bond donors (Lipinski definition) is 2. The monoisotopic (exact) mass is 563 g/mol. The van der Waals surface area contributed by atoms with Gasteiger partial charge in [-0.05, 0) is 43.9 Å². The third-order valence-corrected chi connectivity index (χ3v) is 8.03. The van der Waals surface area contributed by atoms with E-state index >= 15 is 0 Å². The Hall–Kier alpha value is -4.39. The van der Waals surface area contributed by atoms with E-state index in [2.05, 4.69) is 25.9 Å². The molecule has 1 aromatic carbocycles. The summed E-state index contributed by atoms with van der Waals surface area (Å²) in [5.41, 5.74) is 1.55. The number of urea groups is 1. The van der Waals surface area contributed by atoms with Crippen LogP contribution in [0.15, 0.2) is 42.7 Å². The van der Waals surface area contributed by atoms with Crippen molar-refractivity contribution in [2.24, 2.45) is 5.92 Å². The summed E-state index contributed by atoms with van der Waals surface area (Å²) >= 11 is 1.37. The van der Waals surface area contributed by atoms with Gasteiger partial charge in [0.1, 0.15) is 24.3 Å². The fraction of sp³-hybridized carbons (Fsp3) is 0.333. The SMILES string of the molecule is O=CC1CCN(C(=O)Cn2cc(-c3cc4nccc(Oc5ccc(NC(=O)NC6CC6)cc5F)c4s3)nn2)CC1. The molecule has 0 atom stereocenters. The molecule has 4 aromatic rings. The molecule has 11 nitrogen and oxygen atoms in total. The van der Waals surface area contributed by atoms with Crippen molar-refractivity contribution in [1.82, 2.24) is 30.2 Å². The number of aldehydes is 1. The molecule has 1 aliphatic heterocycles. The smallest absolute Gasteiger partial charge is 0.319 e. The van der Waals surface area contributed by atoms with Gasteiger partial charge in [-0.15, -0.1) is 16.4 Å². The standard InChI is InChI=1S/C27H26FN7O4S/c28-19-11-18(31-27(38)30-17-1-2-17)3-4-22(19)39-23-5-8-29-20-12-24(40-26(20)23)21-13-35(33-32-21)14-25(37)34-9-6-16(15-36)7-10-34/h3-5,8,11-13,15-17H,1-2,6-7,9-10,14H2,(H2,30,31,38). The van der Waals surface area contributed by atoms with Crippen LogP contribution in [0.5, 0.6) is 11.5 Å². The van der Waals surface area contributed by atoms with Crippen LogP contribution in [0.3, 0.4) is 0 Å². The summed E-state index contributed by atoms with van der Waals surface area (Å²) in [6, 6.07) is 7.58. The highest BCUT2D eigenvalue weighted by atomic mass is 32.1. The lowest BCUT2D eigenvalue weighted by Gasteiger charge is -2.29. The number of carbonyl (C=O) groups excluding carboxylic acids is 3. The maximum Gasteiger partial charge on any atom is 0.319 e. The number of nitrogens with one attached hydrogen (secondary N) is 2. The van der Waals surface area contributed by atoms with Gasteiger partial charge in [0.25, 0.3) is 0 Å². The Morgan fingerprint density at radius 3 is 2.70 bits per heavy atom. The molecule has 2 N–H and O–H groups in total.